The third-order valence-electron chi connectivity index (χ3n) is 4.00. The lowest BCUT2D eigenvalue weighted by molar-refractivity contribution is -0.139. The van der Waals surface area contributed by atoms with E-state index in [1.165, 1.54) is 22.9 Å². The van der Waals surface area contributed by atoms with Crippen molar-refractivity contribution in [1.29, 1.82) is 0 Å². The molecule has 0 saturated heterocycles. The van der Waals surface area contributed by atoms with E-state index >= 15 is 0 Å². The molecule has 0 unspecified atom stereocenters. The zero-order valence-electron chi connectivity index (χ0n) is 14.1. The number of benzene rings is 1. The number of carbonyl (C=O) groups excluding carboxylic acids is 1. The second-order valence-corrected chi connectivity index (χ2v) is 7.03. The highest BCUT2D eigenvalue weighted by molar-refractivity contribution is 7.99. The van der Waals surface area contributed by atoms with Crippen LogP contribution in [0.5, 0.6) is 0 Å². The third kappa shape index (κ3) is 3.95. The van der Waals surface area contributed by atoms with Crippen LogP contribution in [0.25, 0.3) is 0 Å². The van der Waals surface area contributed by atoms with Gasteiger partial charge in [0.2, 0.25) is 0 Å². The van der Waals surface area contributed by atoms with E-state index in [1.54, 1.807) is 24.4 Å². The van der Waals surface area contributed by atoms with Crippen LogP contribution < -0.4 is 10.2 Å². The second kappa shape index (κ2) is 7.57. The lowest BCUT2D eigenvalue weighted by Gasteiger charge is -2.20. The van der Waals surface area contributed by atoms with Crippen LogP contribution in [-0.2, 0) is 12.6 Å². The topological polar surface area (TPSA) is 45.2 Å². The zero-order valence-corrected chi connectivity index (χ0v) is 15.0. The predicted molar refractivity (Wildman–Crippen MR) is 96.8 cm³/mol. The van der Waals surface area contributed by atoms with Gasteiger partial charge in [-0.2, -0.15) is 13.2 Å². The Morgan fingerprint density at radius 1 is 1.38 bits per heavy atom. The zero-order chi connectivity index (χ0) is 18.7. The maximum Gasteiger partial charge on any atom is 0.417 e. The van der Waals surface area contributed by atoms with Crippen LogP contribution in [0.1, 0.15) is 24.5 Å². The summed E-state index contributed by atoms with van der Waals surface area (Å²) in [7, 11) is 0. The number of rotatable bonds is 4. The average Bonchev–Trinajstić information content (AvgIpc) is 3.02. The molecule has 1 aliphatic heterocycles. The Hall–Kier alpha value is -2.22. The van der Waals surface area contributed by atoms with Crippen LogP contribution in [0.3, 0.4) is 0 Å². The van der Waals surface area contributed by atoms with E-state index in [0.29, 0.717) is 30.1 Å². The van der Waals surface area contributed by atoms with Crippen LogP contribution in [0.2, 0.25) is 0 Å². The molecule has 4 nitrogen and oxygen atoms in total. The summed E-state index contributed by atoms with van der Waals surface area (Å²) in [4.78, 5) is 18.0. The van der Waals surface area contributed by atoms with Crippen molar-refractivity contribution in [2.24, 2.45) is 0 Å². The van der Waals surface area contributed by atoms with Crippen molar-refractivity contribution < 1.29 is 18.0 Å². The summed E-state index contributed by atoms with van der Waals surface area (Å²) in [5.41, 5.74) is 0.894. The van der Waals surface area contributed by atoms with Gasteiger partial charge in [0, 0.05) is 23.3 Å². The molecular formula is C18H18F3N3OS. The first-order valence-electron chi connectivity index (χ1n) is 8.25. The summed E-state index contributed by atoms with van der Waals surface area (Å²) >= 11 is 1.20. The van der Waals surface area contributed by atoms with Gasteiger partial charge in [-0.25, -0.2) is 4.79 Å². The van der Waals surface area contributed by atoms with Crippen LogP contribution in [0.4, 0.5) is 29.3 Å². The van der Waals surface area contributed by atoms with Crippen molar-refractivity contribution in [1.82, 2.24) is 4.98 Å². The van der Waals surface area contributed by atoms with Crippen molar-refractivity contribution in [3.63, 3.8) is 0 Å². The standard InChI is InChI=1S/C18H18F3N3OS/c1-2-8-26-16-9-12-5-7-24(15(12)10-14(16)18(19,20)21)17(25)23-13-4-3-6-22-11-13/h3-4,6,9-11H,2,5,7-8H2,1H3,(H,23,25). The summed E-state index contributed by atoms with van der Waals surface area (Å²) < 4.78 is 40.4. The Morgan fingerprint density at radius 2 is 2.19 bits per heavy atom. The molecule has 1 N–H and O–H groups in total. The average molecular weight is 381 g/mol. The van der Waals surface area contributed by atoms with Crippen molar-refractivity contribution in [3.8, 4) is 0 Å². The number of hydrogen-bond donors (Lipinski definition) is 1. The molecule has 2 amide bonds. The van der Waals surface area contributed by atoms with Crippen LogP contribution in [-0.4, -0.2) is 23.3 Å². The first kappa shape index (κ1) is 18.6. The summed E-state index contributed by atoms with van der Waals surface area (Å²) in [6, 6.07) is 5.57. The van der Waals surface area contributed by atoms with Crippen LogP contribution in [0, 0.1) is 0 Å². The smallest absolute Gasteiger partial charge is 0.306 e. The molecule has 26 heavy (non-hydrogen) atoms. The Bertz CT molecular complexity index is 796. The van der Waals surface area contributed by atoms with Gasteiger partial charge in [-0.15, -0.1) is 11.8 Å². The van der Waals surface area contributed by atoms with Crippen LogP contribution >= 0.6 is 11.8 Å². The van der Waals surface area contributed by atoms with Crippen molar-refractivity contribution >= 4 is 29.2 Å². The van der Waals surface area contributed by atoms with E-state index in [4.69, 9.17) is 0 Å². The van der Waals surface area contributed by atoms with Gasteiger partial charge in [0.25, 0.3) is 0 Å². The summed E-state index contributed by atoms with van der Waals surface area (Å²) in [5, 5.41) is 2.67. The fourth-order valence-electron chi connectivity index (χ4n) is 2.81. The Kier molecular flexibility index (Phi) is 5.41. The molecule has 1 aliphatic rings. The number of fused-ring (bicyclic) bond motifs is 1. The normalized spacial score (nSPS) is 13.6. The van der Waals surface area contributed by atoms with Gasteiger partial charge in [0.05, 0.1) is 17.4 Å². The van der Waals surface area contributed by atoms with Gasteiger partial charge in [0.15, 0.2) is 0 Å². The van der Waals surface area contributed by atoms with E-state index in [2.05, 4.69) is 10.3 Å². The Balaban J connectivity index is 1.90. The minimum Gasteiger partial charge on any atom is -0.306 e. The number of thioether (sulfide) groups is 1. The van der Waals surface area contributed by atoms with Gasteiger partial charge < -0.3 is 5.32 Å². The molecule has 3 rings (SSSR count). The number of aromatic nitrogens is 1. The van der Waals surface area contributed by atoms with E-state index in [0.717, 1.165) is 18.1 Å². The molecule has 0 atom stereocenters. The number of alkyl halides is 3. The lowest BCUT2D eigenvalue weighted by atomic mass is 10.1. The van der Waals surface area contributed by atoms with E-state index in [9.17, 15) is 18.0 Å². The molecule has 0 saturated carbocycles. The minimum absolute atomic E-state index is 0.229. The largest absolute Gasteiger partial charge is 0.417 e. The molecule has 0 bridgehead atoms. The molecule has 138 valence electrons. The molecule has 0 fully saturated rings. The summed E-state index contributed by atoms with van der Waals surface area (Å²) in [6.45, 7) is 2.28. The van der Waals surface area contributed by atoms with Gasteiger partial charge in [0.1, 0.15) is 0 Å². The second-order valence-electron chi connectivity index (χ2n) is 5.90. The Labute approximate surface area is 153 Å². The van der Waals surface area contributed by atoms with Gasteiger partial charge in [-0.1, -0.05) is 6.92 Å². The number of pyridine rings is 1. The fourth-order valence-corrected chi connectivity index (χ4v) is 3.79. The van der Waals surface area contributed by atoms with Gasteiger partial charge in [-0.05, 0) is 48.4 Å². The van der Waals surface area contributed by atoms with E-state index in [1.807, 2.05) is 6.92 Å². The maximum atomic E-state index is 13.5. The van der Waals surface area contributed by atoms with Crippen molar-refractivity contribution in [2.75, 3.05) is 22.5 Å². The molecular weight excluding hydrogens is 363 g/mol. The molecule has 8 heteroatoms. The number of carbonyl (C=O) groups is 1. The molecule has 2 aromatic rings. The molecule has 1 aromatic heterocycles. The minimum atomic E-state index is -4.46. The van der Waals surface area contributed by atoms with E-state index < -0.39 is 17.8 Å². The number of hydrogen-bond acceptors (Lipinski definition) is 3. The lowest BCUT2D eigenvalue weighted by Crippen LogP contribution is -2.33. The van der Waals surface area contributed by atoms with E-state index in [-0.39, 0.29) is 4.90 Å². The predicted octanol–water partition coefficient (Wildman–Crippen LogP) is 5.20. The highest BCUT2D eigenvalue weighted by Gasteiger charge is 2.37. The van der Waals surface area contributed by atoms with Crippen molar-refractivity contribution in [2.45, 2.75) is 30.8 Å². The molecule has 1 aromatic carbocycles. The number of nitrogens with one attached hydrogen (secondary N) is 1. The first-order valence-corrected chi connectivity index (χ1v) is 9.24. The summed E-state index contributed by atoms with van der Waals surface area (Å²) in [6.07, 6.45) is -0.0715. The number of anilines is 2. The highest BCUT2D eigenvalue weighted by atomic mass is 32.2. The van der Waals surface area contributed by atoms with Gasteiger partial charge in [-0.3, -0.25) is 9.88 Å². The number of amides is 2. The number of urea groups is 1. The molecule has 0 spiro atoms. The third-order valence-corrected chi connectivity index (χ3v) is 5.26. The SMILES string of the molecule is CCCSc1cc2c(cc1C(F)(F)F)N(C(=O)Nc1cccnc1)CC2. The van der Waals surface area contributed by atoms with Crippen LogP contribution in [0.15, 0.2) is 41.6 Å². The molecule has 0 aliphatic carbocycles. The molecule has 2 heterocycles. The monoisotopic (exact) mass is 381 g/mol. The summed E-state index contributed by atoms with van der Waals surface area (Å²) in [5.74, 6) is 0.618. The maximum absolute atomic E-state index is 13.5. The Morgan fingerprint density at radius 3 is 2.85 bits per heavy atom. The first-order chi connectivity index (χ1) is 12.4. The quantitative estimate of drug-likeness (QED) is 0.741. The van der Waals surface area contributed by atoms with Crippen molar-refractivity contribution in [3.05, 3.63) is 47.8 Å². The number of halogens is 3. The van der Waals surface area contributed by atoms with Gasteiger partial charge >= 0.3 is 12.2 Å². The fraction of sp³-hybridized carbons (Fsp3) is 0.333. The number of nitrogens with zero attached hydrogens (tertiary/aromatic N) is 2. The highest BCUT2D eigenvalue weighted by Crippen LogP contribution is 2.42. The molecule has 0 radical (unpaired) electrons.